The van der Waals surface area contributed by atoms with Crippen molar-refractivity contribution in [3.63, 3.8) is 0 Å². The molecule has 4 aromatic rings. The van der Waals surface area contributed by atoms with Crippen molar-refractivity contribution in [3.05, 3.63) is 66.5 Å². The predicted octanol–water partition coefficient (Wildman–Crippen LogP) is 3.25. The number of carbonyl (C=O) groups is 1. The van der Waals surface area contributed by atoms with Gasteiger partial charge in [0.15, 0.2) is 11.5 Å². The van der Waals surface area contributed by atoms with Crippen LogP contribution in [0.15, 0.2) is 65.6 Å². The van der Waals surface area contributed by atoms with Crippen molar-refractivity contribution in [2.24, 2.45) is 0 Å². The number of nitrogens with zero attached hydrogens (tertiary/aromatic N) is 4. The van der Waals surface area contributed by atoms with Crippen LogP contribution in [-0.4, -0.2) is 34.1 Å². The molecule has 10 heteroatoms. The molecule has 2 aromatic carbocycles. The largest absolute Gasteiger partial charge is 0.326 e. The summed E-state index contributed by atoms with van der Waals surface area (Å²) in [5, 5.41) is 15.2. The Labute approximate surface area is 179 Å². The van der Waals surface area contributed by atoms with Gasteiger partial charge < -0.3 is 5.32 Å². The molecule has 0 aliphatic heterocycles. The average molecular weight is 436 g/mol. The van der Waals surface area contributed by atoms with Gasteiger partial charge in [0.2, 0.25) is 5.91 Å². The van der Waals surface area contributed by atoms with Gasteiger partial charge in [0.1, 0.15) is 0 Å². The zero-order valence-electron chi connectivity index (χ0n) is 16.9. The van der Waals surface area contributed by atoms with Gasteiger partial charge in [-0.25, -0.2) is 8.42 Å². The number of benzene rings is 2. The third kappa shape index (κ3) is 4.38. The lowest BCUT2D eigenvalue weighted by molar-refractivity contribution is -0.115. The standard InChI is InChI=1S/C21H20N6O3S/c1-3-21(28)22-16-7-9-18(10-8-16)31(29,30)26-17-6-4-5-15(13-17)19-11-12-20-24-23-14(2)27(20)25-19/h4-13,26H,3H2,1-2H3,(H,22,28). The fraction of sp³-hybridized carbons (Fsp3) is 0.143. The lowest BCUT2D eigenvalue weighted by atomic mass is 10.1. The third-order valence-electron chi connectivity index (χ3n) is 4.60. The van der Waals surface area contributed by atoms with E-state index < -0.39 is 10.0 Å². The molecule has 0 spiro atoms. The monoisotopic (exact) mass is 436 g/mol. The molecule has 1 amide bonds. The first-order chi connectivity index (χ1) is 14.9. The number of rotatable bonds is 6. The Hall–Kier alpha value is -3.79. The Bertz CT molecular complexity index is 1360. The molecule has 2 heterocycles. The molecule has 158 valence electrons. The van der Waals surface area contributed by atoms with Crippen LogP contribution in [0.25, 0.3) is 16.9 Å². The minimum absolute atomic E-state index is 0.0899. The van der Waals surface area contributed by atoms with Crippen LogP contribution in [0.4, 0.5) is 11.4 Å². The topological polar surface area (TPSA) is 118 Å². The minimum atomic E-state index is -3.80. The molecular formula is C21H20N6O3S. The van der Waals surface area contributed by atoms with Crippen molar-refractivity contribution < 1.29 is 13.2 Å². The Morgan fingerprint density at radius 3 is 2.52 bits per heavy atom. The lowest BCUT2D eigenvalue weighted by Crippen LogP contribution is -2.13. The average Bonchev–Trinajstić information content (AvgIpc) is 3.14. The van der Waals surface area contributed by atoms with Crippen LogP contribution in [0.1, 0.15) is 19.2 Å². The molecule has 31 heavy (non-hydrogen) atoms. The van der Waals surface area contributed by atoms with E-state index in [0.29, 0.717) is 35.0 Å². The number of aryl methyl sites for hydroxylation is 1. The number of amides is 1. The molecule has 0 saturated carbocycles. The van der Waals surface area contributed by atoms with Crippen molar-refractivity contribution in [2.75, 3.05) is 10.0 Å². The maximum Gasteiger partial charge on any atom is 0.261 e. The fourth-order valence-electron chi connectivity index (χ4n) is 2.97. The van der Waals surface area contributed by atoms with E-state index in [-0.39, 0.29) is 10.8 Å². The van der Waals surface area contributed by atoms with Crippen molar-refractivity contribution in [3.8, 4) is 11.3 Å². The number of aromatic nitrogens is 4. The predicted molar refractivity (Wildman–Crippen MR) is 117 cm³/mol. The fourth-order valence-corrected chi connectivity index (χ4v) is 4.02. The first-order valence-corrected chi connectivity index (χ1v) is 11.1. The molecule has 2 N–H and O–H groups in total. The first-order valence-electron chi connectivity index (χ1n) is 9.58. The van der Waals surface area contributed by atoms with Crippen molar-refractivity contribution >= 4 is 33.0 Å². The van der Waals surface area contributed by atoms with Gasteiger partial charge in [-0.2, -0.15) is 9.61 Å². The molecule has 0 bridgehead atoms. The van der Waals surface area contributed by atoms with Crippen LogP contribution < -0.4 is 10.0 Å². The normalized spacial score (nSPS) is 11.4. The Morgan fingerprint density at radius 1 is 1.00 bits per heavy atom. The highest BCUT2D eigenvalue weighted by Gasteiger charge is 2.15. The van der Waals surface area contributed by atoms with Gasteiger partial charge in [-0.3, -0.25) is 9.52 Å². The molecular weight excluding hydrogens is 416 g/mol. The highest BCUT2D eigenvalue weighted by atomic mass is 32.2. The van der Waals surface area contributed by atoms with Crippen LogP contribution in [0.5, 0.6) is 0 Å². The zero-order chi connectivity index (χ0) is 22.0. The number of hydrogen-bond acceptors (Lipinski definition) is 6. The second kappa shape index (κ2) is 8.15. The van der Waals surface area contributed by atoms with Gasteiger partial charge in [0.25, 0.3) is 10.0 Å². The molecule has 0 radical (unpaired) electrons. The highest BCUT2D eigenvalue weighted by Crippen LogP contribution is 2.24. The first kappa shape index (κ1) is 20.5. The summed E-state index contributed by atoms with van der Waals surface area (Å²) in [5.41, 5.74) is 2.98. The second-order valence-electron chi connectivity index (χ2n) is 6.85. The summed E-state index contributed by atoms with van der Waals surface area (Å²) >= 11 is 0. The van der Waals surface area contributed by atoms with Crippen molar-refractivity contribution in [1.29, 1.82) is 0 Å². The molecule has 4 rings (SSSR count). The summed E-state index contributed by atoms with van der Waals surface area (Å²) in [5.74, 6) is 0.520. The molecule has 9 nitrogen and oxygen atoms in total. The van der Waals surface area contributed by atoms with E-state index >= 15 is 0 Å². The van der Waals surface area contributed by atoms with Crippen LogP contribution >= 0.6 is 0 Å². The summed E-state index contributed by atoms with van der Waals surface area (Å²) in [7, 11) is -3.80. The van der Waals surface area contributed by atoms with Gasteiger partial charge in [-0.05, 0) is 55.5 Å². The van der Waals surface area contributed by atoms with E-state index in [1.807, 2.05) is 6.07 Å². The van der Waals surface area contributed by atoms with Crippen LogP contribution in [0.3, 0.4) is 0 Å². The zero-order valence-corrected chi connectivity index (χ0v) is 17.7. The van der Waals surface area contributed by atoms with Crippen LogP contribution in [-0.2, 0) is 14.8 Å². The van der Waals surface area contributed by atoms with Gasteiger partial charge >= 0.3 is 0 Å². The smallest absolute Gasteiger partial charge is 0.261 e. The maximum atomic E-state index is 12.8. The van der Waals surface area contributed by atoms with Gasteiger partial charge in [-0.15, -0.1) is 10.2 Å². The van der Waals surface area contributed by atoms with E-state index in [1.54, 1.807) is 60.8 Å². The van der Waals surface area contributed by atoms with Gasteiger partial charge in [0.05, 0.1) is 10.6 Å². The summed E-state index contributed by atoms with van der Waals surface area (Å²) in [6.07, 6.45) is 0.344. The summed E-state index contributed by atoms with van der Waals surface area (Å²) in [6.45, 7) is 3.55. The van der Waals surface area contributed by atoms with Crippen LogP contribution in [0.2, 0.25) is 0 Å². The number of anilines is 2. The molecule has 0 unspecified atom stereocenters. The highest BCUT2D eigenvalue weighted by molar-refractivity contribution is 7.92. The number of fused-ring (bicyclic) bond motifs is 1. The number of hydrogen-bond donors (Lipinski definition) is 2. The Balaban J connectivity index is 1.57. The number of nitrogens with one attached hydrogen (secondary N) is 2. The number of sulfonamides is 1. The SMILES string of the molecule is CCC(=O)Nc1ccc(S(=O)(=O)Nc2cccc(-c3ccc4nnc(C)n4n3)c2)cc1. The summed E-state index contributed by atoms with van der Waals surface area (Å²) in [4.78, 5) is 11.6. The Kier molecular flexibility index (Phi) is 5.38. The van der Waals surface area contributed by atoms with E-state index in [9.17, 15) is 13.2 Å². The number of carbonyl (C=O) groups excluding carboxylic acids is 1. The van der Waals surface area contributed by atoms with Crippen molar-refractivity contribution in [1.82, 2.24) is 19.8 Å². The second-order valence-corrected chi connectivity index (χ2v) is 8.53. The van der Waals surface area contributed by atoms with E-state index in [2.05, 4.69) is 25.3 Å². The molecule has 0 fully saturated rings. The minimum Gasteiger partial charge on any atom is -0.326 e. The Morgan fingerprint density at radius 2 is 1.77 bits per heavy atom. The molecule has 0 atom stereocenters. The van der Waals surface area contributed by atoms with E-state index in [1.165, 1.54) is 12.1 Å². The van der Waals surface area contributed by atoms with E-state index in [4.69, 9.17) is 0 Å². The molecule has 0 saturated heterocycles. The lowest BCUT2D eigenvalue weighted by Gasteiger charge is -2.10. The molecule has 2 aromatic heterocycles. The maximum absolute atomic E-state index is 12.8. The molecule has 0 aliphatic rings. The van der Waals surface area contributed by atoms with Crippen LogP contribution in [0, 0.1) is 6.92 Å². The van der Waals surface area contributed by atoms with E-state index in [0.717, 1.165) is 5.56 Å². The molecule has 0 aliphatic carbocycles. The van der Waals surface area contributed by atoms with Gasteiger partial charge in [-0.1, -0.05) is 19.1 Å². The summed E-state index contributed by atoms with van der Waals surface area (Å²) < 4.78 is 29.8. The quantitative estimate of drug-likeness (QED) is 0.479. The summed E-state index contributed by atoms with van der Waals surface area (Å²) in [6, 6.07) is 16.6. The van der Waals surface area contributed by atoms with Gasteiger partial charge in [0, 0.05) is 23.4 Å². The van der Waals surface area contributed by atoms with Crippen molar-refractivity contribution in [2.45, 2.75) is 25.2 Å². The third-order valence-corrected chi connectivity index (χ3v) is 6.00.